The first-order valence-electron chi connectivity index (χ1n) is 8.87. The molecular formula is C16H28N4O7S. The second kappa shape index (κ2) is 10.6. The van der Waals surface area contributed by atoms with Gasteiger partial charge in [-0.15, -0.1) is 0 Å². The fourth-order valence-electron chi connectivity index (χ4n) is 2.88. The zero-order valence-electron chi connectivity index (χ0n) is 15.7. The van der Waals surface area contributed by atoms with E-state index in [-0.39, 0.29) is 5.75 Å². The van der Waals surface area contributed by atoms with E-state index >= 15 is 0 Å². The maximum atomic E-state index is 12.6. The van der Waals surface area contributed by atoms with Crippen LogP contribution in [0.25, 0.3) is 0 Å². The molecular weight excluding hydrogens is 392 g/mol. The van der Waals surface area contributed by atoms with Gasteiger partial charge in [-0.3, -0.25) is 14.4 Å². The second-order valence-electron chi connectivity index (χ2n) is 6.77. The molecule has 11 nitrogen and oxygen atoms in total. The molecule has 1 fully saturated rings. The molecule has 0 bridgehead atoms. The maximum Gasteiger partial charge on any atom is 0.328 e. The zero-order valence-corrected chi connectivity index (χ0v) is 16.6. The summed E-state index contributed by atoms with van der Waals surface area (Å²) in [5.74, 6) is -3.43. The molecule has 0 radical (unpaired) electrons. The quantitative estimate of drug-likeness (QED) is 0.193. The highest BCUT2D eigenvalue weighted by molar-refractivity contribution is 7.80. The first kappa shape index (κ1) is 24.1. The normalized spacial score (nSPS) is 21.9. The number of carboxylic acids is 1. The number of nitrogens with two attached hydrogens (primary N) is 1. The van der Waals surface area contributed by atoms with Crippen molar-refractivity contribution in [3.8, 4) is 0 Å². The van der Waals surface area contributed by atoms with Crippen LogP contribution in [-0.4, -0.2) is 92.6 Å². The van der Waals surface area contributed by atoms with Crippen molar-refractivity contribution in [3.05, 3.63) is 0 Å². The van der Waals surface area contributed by atoms with Crippen LogP contribution >= 0.6 is 12.6 Å². The summed E-state index contributed by atoms with van der Waals surface area (Å²) in [4.78, 5) is 49.7. The van der Waals surface area contributed by atoms with E-state index in [9.17, 15) is 29.4 Å². The van der Waals surface area contributed by atoms with Gasteiger partial charge in [0.05, 0.1) is 18.2 Å². The van der Waals surface area contributed by atoms with Gasteiger partial charge in [0.1, 0.15) is 12.1 Å². The Morgan fingerprint density at radius 3 is 2.18 bits per heavy atom. The van der Waals surface area contributed by atoms with E-state index in [2.05, 4.69) is 23.3 Å². The molecule has 1 saturated heterocycles. The Balaban J connectivity index is 2.88. The molecule has 0 spiro atoms. The standard InChI is InChI=1S/C16H28N4O7S/c1-7(21)11(14(24)19-12(8(2)22)16(26)27)18-13(23)10-4-3-5-20(10)15(25)9(17)6-28/h7-12,21-22,28H,3-6,17H2,1-2H3,(H,18,23)(H,19,24)(H,26,27). The summed E-state index contributed by atoms with van der Waals surface area (Å²) in [5, 5.41) is 32.8. The highest BCUT2D eigenvalue weighted by Gasteiger charge is 2.38. The van der Waals surface area contributed by atoms with Crippen molar-refractivity contribution in [1.29, 1.82) is 0 Å². The Bertz CT molecular complexity index is 602. The zero-order chi connectivity index (χ0) is 21.6. The number of rotatable bonds is 9. The number of aliphatic hydroxyl groups is 2. The number of hydrogen-bond acceptors (Lipinski definition) is 8. The maximum absolute atomic E-state index is 12.6. The van der Waals surface area contributed by atoms with Crippen LogP contribution < -0.4 is 16.4 Å². The number of amides is 3. The van der Waals surface area contributed by atoms with Crippen LogP contribution in [0.2, 0.25) is 0 Å². The Morgan fingerprint density at radius 1 is 1.14 bits per heavy atom. The van der Waals surface area contributed by atoms with Gasteiger partial charge in [-0.25, -0.2) is 4.79 Å². The monoisotopic (exact) mass is 420 g/mol. The minimum atomic E-state index is -1.61. The topological polar surface area (TPSA) is 182 Å². The molecule has 0 aliphatic carbocycles. The summed E-state index contributed by atoms with van der Waals surface area (Å²) in [6.07, 6.45) is -1.82. The lowest BCUT2D eigenvalue weighted by Crippen LogP contribution is -2.60. The van der Waals surface area contributed by atoms with Gasteiger partial charge >= 0.3 is 5.97 Å². The van der Waals surface area contributed by atoms with Gasteiger partial charge in [0, 0.05) is 12.3 Å². The summed E-state index contributed by atoms with van der Waals surface area (Å²) < 4.78 is 0. The molecule has 7 N–H and O–H groups in total. The summed E-state index contributed by atoms with van der Waals surface area (Å²) in [5.41, 5.74) is 5.69. The highest BCUT2D eigenvalue weighted by Crippen LogP contribution is 2.19. The number of nitrogens with zero attached hydrogens (tertiary/aromatic N) is 1. The molecule has 0 aromatic rings. The lowest BCUT2D eigenvalue weighted by atomic mass is 10.1. The molecule has 12 heteroatoms. The van der Waals surface area contributed by atoms with Crippen LogP contribution in [0, 0.1) is 0 Å². The number of thiol groups is 1. The number of nitrogens with one attached hydrogen (secondary N) is 2. The number of carbonyl (C=O) groups excluding carboxylic acids is 3. The van der Waals surface area contributed by atoms with Crippen molar-refractivity contribution in [1.82, 2.24) is 15.5 Å². The molecule has 1 aliphatic rings. The number of likely N-dealkylation sites (tertiary alicyclic amines) is 1. The number of aliphatic carboxylic acids is 1. The van der Waals surface area contributed by atoms with Crippen molar-refractivity contribution in [2.24, 2.45) is 5.73 Å². The van der Waals surface area contributed by atoms with E-state index in [1.54, 1.807) is 0 Å². The number of carbonyl (C=O) groups is 4. The smallest absolute Gasteiger partial charge is 0.328 e. The SMILES string of the molecule is CC(O)C(NC(=O)C(NC(=O)C1CCCN1C(=O)C(N)CS)C(C)O)C(=O)O. The molecule has 1 heterocycles. The number of carboxylic acid groups (broad SMARTS) is 1. The van der Waals surface area contributed by atoms with Gasteiger partial charge in [-0.2, -0.15) is 12.6 Å². The van der Waals surface area contributed by atoms with Crippen molar-refractivity contribution < 1.29 is 34.5 Å². The highest BCUT2D eigenvalue weighted by atomic mass is 32.1. The van der Waals surface area contributed by atoms with Crippen LogP contribution in [0.15, 0.2) is 0 Å². The molecule has 6 atom stereocenters. The molecule has 0 aromatic heterocycles. The summed E-state index contributed by atoms with van der Waals surface area (Å²) in [6, 6.07) is -4.80. The summed E-state index contributed by atoms with van der Waals surface area (Å²) >= 11 is 3.98. The van der Waals surface area contributed by atoms with E-state index in [0.29, 0.717) is 19.4 Å². The van der Waals surface area contributed by atoms with Gasteiger partial charge in [0.15, 0.2) is 6.04 Å². The van der Waals surface area contributed by atoms with Crippen molar-refractivity contribution in [3.63, 3.8) is 0 Å². The Labute approximate surface area is 168 Å². The van der Waals surface area contributed by atoms with Crippen LogP contribution in [-0.2, 0) is 19.2 Å². The summed E-state index contributed by atoms with van der Waals surface area (Å²) in [7, 11) is 0. The van der Waals surface area contributed by atoms with Gasteiger partial charge in [0.25, 0.3) is 0 Å². The Morgan fingerprint density at radius 2 is 1.71 bits per heavy atom. The summed E-state index contributed by atoms with van der Waals surface area (Å²) in [6.45, 7) is 2.76. The first-order chi connectivity index (χ1) is 13.0. The molecule has 28 heavy (non-hydrogen) atoms. The van der Waals surface area contributed by atoms with Gasteiger partial charge in [-0.05, 0) is 26.7 Å². The number of aliphatic hydroxyl groups excluding tert-OH is 2. The van der Waals surface area contributed by atoms with E-state index < -0.39 is 60.1 Å². The molecule has 1 aliphatic heterocycles. The molecule has 0 saturated carbocycles. The average molecular weight is 420 g/mol. The predicted molar refractivity (Wildman–Crippen MR) is 101 cm³/mol. The van der Waals surface area contributed by atoms with Crippen LogP contribution in [0.3, 0.4) is 0 Å². The molecule has 6 unspecified atom stereocenters. The lowest BCUT2D eigenvalue weighted by Gasteiger charge is -2.29. The third-order valence-electron chi connectivity index (χ3n) is 4.46. The Hall–Kier alpha value is -1.89. The third kappa shape index (κ3) is 6.06. The largest absolute Gasteiger partial charge is 0.480 e. The lowest BCUT2D eigenvalue weighted by molar-refractivity contribution is -0.146. The molecule has 0 aromatic carbocycles. The van der Waals surface area contributed by atoms with Crippen molar-refractivity contribution >= 4 is 36.3 Å². The number of hydrogen-bond donors (Lipinski definition) is 7. The molecule has 160 valence electrons. The van der Waals surface area contributed by atoms with Gasteiger partial charge in [0.2, 0.25) is 17.7 Å². The van der Waals surface area contributed by atoms with E-state index in [1.165, 1.54) is 18.7 Å². The van der Waals surface area contributed by atoms with Gasteiger partial charge in [-0.1, -0.05) is 0 Å². The average Bonchev–Trinajstić information content (AvgIpc) is 3.11. The van der Waals surface area contributed by atoms with Crippen LogP contribution in [0.5, 0.6) is 0 Å². The van der Waals surface area contributed by atoms with Crippen LogP contribution in [0.4, 0.5) is 0 Å². The second-order valence-corrected chi connectivity index (χ2v) is 7.14. The van der Waals surface area contributed by atoms with E-state index in [1.807, 2.05) is 0 Å². The molecule has 1 rings (SSSR count). The molecule has 3 amide bonds. The van der Waals surface area contributed by atoms with E-state index in [4.69, 9.17) is 10.8 Å². The van der Waals surface area contributed by atoms with Crippen molar-refractivity contribution in [2.45, 2.75) is 63.1 Å². The first-order valence-corrected chi connectivity index (χ1v) is 9.51. The van der Waals surface area contributed by atoms with Crippen LogP contribution in [0.1, 0.15) is 26.7 Å². The minimum absolute atomic E-state index is 0.109. The van der Waals surface area contributed by atoms with E-state index in [0.717, 1.165) is 0 Å². The fourth-order valence-corrected chi connectivity index (χ4v) is 3.04. The Kier molecular flexibility index (Phi) is 9.14. The third-order valence-corrected chi connectivity index (χ3v) is 4.85. The predicted octanol–water partition coefficient (Wildman–Crippen LogP) is -2.95. The minimum Gasteiger partial charge on any atom is -0.480 e. The van der Waals surface area contributed by atoms with Crippen molar-refractivity contribution in [2.75, 3.05) is 12.3 Å². The fraction of sp³-hybridized carbons (Fsp3) is 0.750. The van der Waals surface area contributed by atoms with Gasteiger partial charge < -0.3 is 36.6 Å².